The highest BCUT2D eigenvalue weighted by Gasteiger charge is 2.13. The van der Waals surface area contributed by atoms with Crippen molar-refractivity contribution >= 4 is 17.2 Å². The average molecular weight is 311 g/mol. The molecule has 0 N–H and O–H groups in total. The number of rotatable bonds is 5. The Morgan fingerprint density at radius 2 is 1.78 bits per heavy atom. The first kappa shape index (κ1) is 14.7. The third-order valence-electron chi connectivity index (χ3n) is 3.17. The first-order chi connectivity index (χ1) is 11.2. The summed E-state index contributed by atoms with van der Waals surface area (Å²) in [4.78, 5) is 23.8. The molecule has 0 aliphatic carbocycles. The van der Waals surface area contributed by atoms with Crippen LogP contribution in [0.4, 0.5) is 0 Å². The molecule has 0 fully saturated rings. The van der Waals surface area contributed by atoms with Crippen LogP contribution in [0.1, 0.15) is 10.4 Å². The van der Waals surface area contributed by atoms with Crippen molar-refractivity contribution in [3.63, 3.8) is 0 Å². The Morgan fingerprint density at radius 3 is 2.43 bits per heavy atom. The lowest BCUT2D eigenvalue weighted by Crippen LogP contribution is -2.00. The van der Waals surface area contributed by atoms with Gasteiger partial charge >= 0.3 is 6.01 Å². The lowest BCUT2D eigenvalue weighted by Gasteiger charge is -2.10. The molecule has 2 heterocycles. The molecule has 0 atom stereocenters. The number of fused-ring (bicyclic) bond motifs is 1. The number of aldehydes is 1. The van der Waals surface area contributed by atoms with Crippen molar-refractivity contribution in [1.82, 2.24) is 15.0 Å². The first-order valence-electron chi connectivity index (χ1n) is 6.73. The van der Waals surface area contributed by atoms with E-state index in [2.05, 4.69) is 15.0 Å². The van der Waals surface area contributed by atoms with E-state index in [0.29, 0.717) is 34.9 Å². The third-order valence-corrected chi connectivity index (χ3v) is 3.17. The molecule has 7 heteroatoms. The van der Waals surface area contributed by atoms with Crippen LogP contribution in [0.5, 0.6) is 23.5 Å². The van der Waals surface area contributed by atoms with Gasteiger partial charge in [0.1, 0.15) is 5.75 Å². The topological polar surface area (TPSA) is 83.4 Å². The van der Waals surface area contributed by atoms with Crippen LogP contribution in [0.2, 0.25) is 0 Å². The molecule has 116 valence electrons. The molecule has 0 spiro atoms. The maximum atomic E-state index is 11.5. The van der Waals surface area contributed by atoms with Crippen LogP contribution >= 0.6 is 0 Å². The van der Waals surface area contributed by atoms with Crippen LogP contribution in [-0.2, 0) is 0 Å². The number of ether oxygens (including phenoxy) is 3. The summed E-state index contributed by atoms with van der Waals surface area (Å²) < 4.78 is 15.8. The number of carbonyl (C=O) groups is 1. The van der Waals surface area contributed by atoms with E-state index < -0.39 is 0 Å². The van der Waals surface area contributed by atoms with Crippen molar-refractivity contribution in [3.8, 4) is 23.5 Å². The Kier molecular flexibility index (Phi) is 4.01. The van der Waals surface area contributed by atoms with Gasteiger partial charge in [-0.05, 0) is 18.2 Å². The Hall–Kier alpha value is -3.22. The van der Waals surface area contributed by atoms with Crippen molar-refractivity contribution in [3.05, 3.63) is 42.1 Å². The molecule has 3 rings (SSSR count). The molecule has 0 saturated carbocycles. The minimum absolute atomic E-state index is 0.0135. The van der Waals surface area contributed by atoms with E-state index in [0.717, 1.165) is 5.39 Å². The quantitative estimate of drug-likeness (QED) is 0.670. The number of methoxy groups -OCH3 is 2. The highest BCUT2D eigenvalue weighted by atomic mass is 16.5. The Bertz CT molecular complexity index is 845. The number of benzene rings is 1. The lowest BCUT2D eigenvalue weighted by molar-refractivity contribution is 0.112. The number of aromatic nitrogens is 3. The molecule has 0 amide bonds. The van der Waals surface area contributed by atoms with E-state index in [4.69, 9.17) is 14.2 Å². The first-order valence-corrected chi connectivity index (χ1v) is 6.73. The van der Waals surface area contributed by atoms with Gasteiger partial charge < -0.3 is 14.2 Å². The van der Waals surface area contributed by atoms with Gasteiger partial charge in [-0.25, -0.2) is 0 Å². The summed E-state index contributed by atoms with van der Waals surface area (Å²) in [7, 11) is 2.95. The van der Waals surface area contributed by atoms with E-state index in [1.807, 2.05) is 12.1 Å². The van der Waals surface area contributed by atoms with Crippen molar-refractivity contribution < 1.29 is 19.0 Å². The summed E-state index contributed by atoms with van der Waals surface area (Å²) in [6.45, 7) is 0. The van der Waals surface area contributed by atoms with Crippen LogP contribution < -0.4 is 14.2 Å². The zero-order chi connectivity index (χ0) is 16.2. The van der Waals surface area contributed by atoms with Gasteiger partial charge in [-0.3, -0.25) is 9.78 Å². The normalized spacial score (nSPS) is 10.3. The van der Waals surface area contributed by atoms with Crippen molar-refractivity contribution in [2.45, 2.75) is 0 Å². The minimum atomic E-state index is 0.0135. The van der Waals surface area contributed by atoms with Gasteiger partial charge in [0.05, 0.1) is 31.4 Å². The van der Waals surface area contributed by atoms with Gasteiger partial charge in [-0.2, -0.15) is 9.97 Å². The fourth-order valence-electron chi connectivity index (χ4n) is 2.09. The third kappa shape index (κ3) is 2.89. The standard InChI is InChI=1S/C16H13N3O4/c1-21-13-8-14(22-2)19-16(18-13)23-12-6-5-10-4-3-7-17-15(10)11(12)9-20/h3-9H,1-2H3. The van der Waals surface area contributed by atoms with Gasteiger partial charge in [0.2, 0.25) is 11.8 Å². The van der Waals surface area contributed by atoms with Gasteiger partial charge in [0, 0.05) is 11.6 Å². The number of pyridine rings is 1. The van der Waals surface area contributed by atoms with Gasteiger partial charge in [0.15, 0.2) is 6.29 Å². The summed E-state index contributed by atoms with van der Waals surface area (Å²) in [6, 6.07) is 8.68. The molecule has 0 saturated heterocycles. The van der Waals surface area contributed by atoms with Crippen LogP contribution in [0.15, 0.2) is 36.5 Å². The molecule has 0 aliphatic heterocycles. The van der Waals surface area contributed by atoms with E-state index in [1.165, 1.54) is 20.3 Å². The molecule has 23 heavy (non-hydrogen) atoms. The van der Waals surface area contributed by atoms with E-state index in [9.17, 15) is 4.79 Å². The van der Waals surface area contributed by atoms with E-state index in [-0.39, 0.29) is 6.01 Å². The second kappa shape index (κ2) is 6.27. The largest absolute Gasteiger partial charge is 0.481 e. The van der Waals surface area contributed by atoms with Crippen molar-refractivity contribution in [2.24, 2.45) is 0 Å². The summed E-state index contributed by atoms with van der Waals surface area (Å²) in [5.74, 6) is 0.887. The monoisotopic (exact) mass is 311 g/mol. The van der Waals surface area contributed by atoms with E-state index in [1.54, 1.807) is 18.3 Å². The molecule has 0 aliphatic rings. The number of carbonyl (C=O) groups excluding carboxylic acids is 1. The number of hydrogen-bond donors (Lipinski definition) is 0. The average Bonchev–Trinajstić information content (AvgIpc) is 2.61. The minimum Gasteiger partial charge on any atom is -0.481 e. The summed E-state index contributed by atoms with van der Waals surface area (Å²) >= 11 is 0. The van der Waals surface area contributed by atoms with Crippen LogP contribution in [0, 0.1) is 0 Å². The lowest BCUT2D eigenvalue weighted by atomic mass is 10.1. The van der Waals surface area contributed by atoms with E-state index >= 15 is 0 Å². The molecule has 7 nitrogen and oxygen atoms in total. The maximum absolute atomic E-state index is 11.5. The van der Waals surface area contributed by atoms with Gasteiger partial charge in [-0.1, -0.05) is 6.07 Å². The second-order valence-electron chi connectivity index (χ2n) is 4.51. The molecular formula is C16H13N3O4. The molecule has 0 radical (unpaired) electrons. The molecule has 3 aromatic rings. The predicted molar refractivity (Wildman–Crippen MR) is 82.3 cm³/mol. The Balaban J connectivity index is 2.06. The number of nitrogens with zero attached hydrogens (tertiary/aromatic N) is 3. The van der Waals surface area contributed by atoms with Crippen LogP contribution in [-0.4, -0.2) is 35.5 Å². The fraction of sp³-hybridized carbons (Fsp3) is 0.125. The zero-order valence-electron chi connectivity index (χ0n) is 12.5. The summed E-state index contributed by atoms with van der Waals surface area (Å²) in [5.41, 5.74) is 0.878. The van der Waals surface area contributed by atoms with Gasteiger partial charge in [0.25, 0.3) is 0 Å². The number of hydrogen-bond acceptors (Lipinski definition) is 7. The second-order valence-corrected chi connectivity index (χ2v) is 4.51. The smallest absolute Gasteiger partial charge is 0.328 e. The highest BCUT2D eigenvalue weighted by Crippen LogP contribution is 2.29. The predicted octanol–water partition coefficient (Wildman–Crippen LogP) is 2.65. The van der Waals surface area contributed by atoms with Crippen molar-refractivity contribution in [1.29, 1.82) is 0 Å². The summed E-state index contributed by atoms with van der Waals surface area (Å²) in [5, 5.41) is 0.839. The van der Waals surface area contributed by atoms with Crippen molar-refractivity contribution in [2.75, 3.05) is 14.2 Å². The molecule has 1 aromatic carbocycles. The summed E-state index contributed by atoms with van der Waals surface area (Å²) in [6.07, 6.45) is 2.31. The highest BCUT2D eigenvalue weighted by molar-refractivity contribution is 5.98. The Labute approximate surface area is 131 Å². The molecule has 0 unspecified atom stereocenters. The maximum Gasteiger partial charge on any atom is 0.328 e. The molecule has 0 bridgehead atoms. The zero-order valence-corrected chi connectivity index (χ0v) is 12.5. The van der Waals surface area contributed by atoms with Crippen LogP contribution in [0.25, 0.3) is 10.9 Å². The SMILES string of the molecule is COc1cc(OC)nc(Oc2ccc3cccnc3c2C=O)n1. The molecule has 2 aromatic heterocycles. The molecular weight excluding hydrogens is 298 g/mol. The van der Waals surface area contributed by atoms with Gasteiger partial charge in [-0.15, -0.1) is 0 Å². The fourth-order valence-corrected chi connectivity index (χ4v) is 2.09. The Morgan fingerprint density at radius 1 is 1.04 bits per heavy atom. The van der Waals surface area contributed by atoms with Crippen LogP contribution in [0.3, 0.4) is 0 Å².